The van der Waals surface area contributed by atoms with Gasteiger partial charge in [-0.05, 0) is 35.7 Å². The quantitative estimate of drug-likeness (QED) is 0.611. The Bertz CT molecular complexity index is 964. The Hall–Kier alpha value is -2.95. The summed E-state index contributed by atoms with van der Waals surface area (Å²) in [6.07, 6.45) is 5.29. The van der Waals surface area contributed by atoms with Crippen LogP contribution >= 0.6 is 0 Å². The van der Waals surface area contributed by atoms with Gasteiger partial charge in [0.15, 0.2) is 0 Å². The first-order valence-electron chi connectivity index (χ1n) is 9.43. The van der Waals surface area contributed by atoms with Gasteiger partial charge >= 0.3 is 0 Å². The lowest BCUT2D eigenvalue weighted by molar-refractivity contribution is -0.145. The molecule has 0 bridgehead atoms. The van der Waals surface area contributed by atoms with Crippen molar-refractivity contribution >= 4 is 28.5 Å². The van der Waals surface area contributed by atoms with Crippen LogP contribution in [-0.2, 0) is 9.59 Å². The molecule has 2 saturated heterocycles. The fourth-order valence-electron chi connectivity index (χ4n) is 4.48. The van der Waals surface area contributed by atoms with Gasteiger partial charge in [-0.15, -0.1) is 0 Å². The molecule has 0 radical (unpaired) electrons. The van der Waals surface area contributed by atoms with Crippen LogP contribution in [0.2, 0.25) is 0 Å². The maximum absolute atomic E-state index is 12.8. The summed E-state index contributed by atoms with van der Waals surface area (Å²) in [4.78, 5) is 41.2. The first-order valence-corrected chi connectivity index (χ1v) is 9.43. The number of likely N-dealkylation sites (tertiary alicyclic amines) is 2. The van der Waals surface area contributed by atoms with Crippen LogP contribution in [0.5, 0.6) is 0 Å². The molecule has 0 N–H and O–H groups in total. The fraction of sp³-hybridized carbons (Fsp3) is 0.318. The van der Waals surface area contributed by atoms with Gasteiger partial charge in [0.1, 0.15) is 0 Å². The molecule has 3 amide bonds. The Morgan fingerprint density at radius 1 is 0.852 bits per heavy atom. The summed E-state index contributed by atoms with van der Waals surface area (Å²) in [5.74, 6) is -0.565. The summed E-state index contributed by atoms with van der Waals surface area (Å²) >= 11 is 0. The Morgan fingerprint density at radius 3 is 2.15 bits per heavy atom. The van der Waals surface area contributed by atoms with Crippen LogP contribution in [0.3, 0.4) is 0 Å². The Balaban J connectivity index is 1.29. The summed E-state index contributed by atoms with van der Waals surface area (Å²) in [5, 5.41) is 2.13. The standard InChI is InChI=1S/C22H20N2O3/c25-20(16-10-9-14-5-1-2-6-15(14)11-16)23-12-17(13-23)24-21(26)18-7-3-4-8-19(18)22(24)27/h1-6,9-11,17-19H,7-8,12-13H2. The van der Waals surface area contributed by atoms with Gasteiger partial charge in [-0.2, -0.15) is 0 Å². The number of nitrogens with zero attached hydrogens (tertiary/aromatic N) is 2. The topological polar surface area (TPSA) is 57.7 Å². The van der Waals surface area contributed by atoms with E-state index in [2.05, 4.69) is 0 Å². The molecule has 5 heteroatoms. The number of hydrogen-bond donors (Lipinski definition) is 0. The second kappa shape index (κ2) is 6.05. The van der Waals surface area contributed by atoms with E-state index >= 15 is 0 Å². The second-order valence-electron chi connectivity index (χ2n) is 7.63. The van der Waals surface area contributed by atoms with Crippen LogP contribution in [0.4, 0.5) is 0 Å². The van der Waals surface area contributed by atoms with Crippen molar-refractivity contribution in [3.8, 4) is 0 Å². The van der Waals surface area contributed by atoms with E-state index < -0.39 is 0 Å². The smallest absolute Gasteiger partial charge is 0.254 e. The van der Waals surface area contributed by atoms with E-state index in [-0.39, 0.29) is 35.6 Å². The molecule has 2 aromatic rings. The third kappa shape index (κ3) is 2.49. The molecule has 2 aromatic carbocycles. The first kappa shape index (κ1) is 16.2. The monoisotopic (exact) mass is 360 g/mol. The van der Waals surface area contributed by atoms with Crippen LogP contribution in [0, 0.1) is 11.8 Å². The zero-order valence-corrected chi connectivity index (χ0v) is 14.9. The molecule has 136 valence electrons. The molecule has 2 heterocycles. The van der Waals surface area contributed by atoms with E-state index in [0.717, 1.165) is 10.8 Å². The van der Waals surface area contributed by atoms with Gasteiger partial charge in [0.2, 0.25) is 11.8 Å². The second-order valence-corrected chi connectivity index (χ2v) is 7.63. The number of rotatable bonds is 2. The first-order chi connectivity index (χ1) is 13.1. The van der Waals surface area contributed by atoms with Gasteiger partial charge in [-0.25, -0.2) is 0 Å². The Morgan fingerprint density at radius 2 is 1.48 bits per heavy atom. The molecule has 2 fully saturated rings. The molecule has 2 aliphatic heterocycles. The molecule has 0 spiro atoms. The van der Waals surface area contributed by atoms with E-state index in [9.17, 15) is 14.4 Å². The van der Waals surface area contributed by atoms with Gasteiger partial charge in [-0.3, -0.25) is 19.3 Å². The largest absolute Gasteiger partial charge is 0.334 e. The average Bonchev–Trinajstić information content (AvgIpc) is 2.92. The third-order valence-electron chi connectivity index (χ3n) is 6.05. The maximum atomic E-state index is 12.8. The number of hydrogen-bond acceptors (Lipinski definition) is 3. The highest BCUT2D eigenvalue weighted by Gasteiger charge is 2.52. The van der Waals surface area contributed by atoms with Crippen LogP contribution in [0.15, 0.2) is 54.6 Å². The van der Waals surface area contributed by atoms with Crippen molar-refractivity contribution in [1.29, 1.82) is 0 Å². The Kier molecular flexibility index (Phi) is 3.64. The minimum absolute atomic E-state index is 0.0461. The van der Waals surface area contributed by atoms with Gasteiger partial charge in [0.25, 0.3) is 5.91 Å². The molecule has 0 saturated carbocycles. The van der Waals surface area contributed by atoms with Crippen LogP contribution < -0.4 is 0 Å². The molecular formula is C22H20N2O3. The number of benzene rings is 2. The summed E-state index contributed by atoms with van der Waals surface area (Å²) in [6, 6.07) is 13.4. The molecule has 2 atom stereocenters. The van der Waals surface area contributed by atoms with E-state index in [0.29, 0.717) is 31.5 Å². The normalized spacial score (nSPS) is 25.0. The van der Waals surface area contributed by atoms with Gasteiger partial charge < -0.3 is 4.90 Å². The molecule has 5 nitrogen and oxygen atoms in total. The molecule has 3 aliphatic rings. The summed E-state index contributed by atoms with van der Waals surface area (Å²) in [6.45, 7) is 0.853. The van der Waals surface area contributed by atoms with Gasteiger partial charge in [0, 0.05) is 18.7 Å². The van der Waals surface area contributed by atoms with Gasteiger partial charge in [0.05, 0.1) is 17.9 Å². The molecule has 5 rings (SSSR count). The number of amides is 3. The van der Waals surface area contributed by atoms with E-state index in [1.807, 2.05) is 54.6 Å². The van der Waals surface area contributed by atoms with Crippen molar-refractivity contribution < 1.29 is 14.4 Å². The van der Waals surface area contributed by atoms with E-state index in [1.54, 1.807) is 4.90 Å². The molecule has 0 aromatic heterocycles. The minimum Gasteiger partial charge on any atom is -0.334 e. The zero-order chi connectivity index (χ0) is 18.5. The number of allylic oxidation sites excluding steroid dienone is 2. The van der Waals surface area contributed by atoms with Crippen LogP contribution in [0.1, 0.15) is 23.2 Å². The predicted octanol–water partition coefficient (Wildman–Crippen LogP) is 2.62. The number of carbonyl (C=O) groups excluding carboxylic acids is 3. The lowest BCUT2D eigenvalue weighted by Gasteiger charge is -2.43. The molecular weight excluding hydrogens is 340 g/mol. The van der Waals surface area contributed by atoms with E-state index in [1.165, 1.54) is 4.90 Å². The average molecular weight is 360 g/mol. The number of fused-ring (bicyclic) bond motifs is 2. The molecule has 27 heavy (non-hydrogen) atoms. The zero-order valence-electron chi connectivity index (χ0n) is 14.9. The summed E-state index contributed by atoms with van der Waals surface area (Å²) in [5.41, 5.74) is 0.643. The Labute approximate surface area is 157 Å². The highest BCUT2D eigenvalue weighted by atomic mass is 16.2. The van der Waals surface area contributed by atoms with Crippen LogP contribution in [0.25, 0.3) is 10.8 Å². The lowest BCUT2D eigenvalue weighted by atomic mass is 9.85. The van der Waals surface area contributed by atoms with Gasteiger partial charge in [-0.1, -0.05) is 42.5 Å². The predicted molar refractivity (Wildman–Crippen MR) is 101 cm³/mol. The molecule has 2 unspecified atom stereocenters. The van der Waals surface area contributed by atoms with Crippen molar-refractivity contribution in [2.45, 2.75) is 18.9 Å². The number of carbonyl (C=O) groups is 3. The molecule has 1 aliphatic carbocycles. The number of imide groups is 1. The van der Waals surface area contributed by atoms with Crippen molar-refractivity contribution in [2.75, 3.05) is 13.1 Å². The van der Waals surface area contributed by atoms with Crippen molar-refractivity contribution in [1.82, 2.24) is 9.80 Å². The highest BCUT2D eigenvalue weighted by Crippen LogP contribution is 2.37. The van der Waals surface area contributed by atoms with E-state index in [4.69, 9.17) is 0 Å². The maximum Gasteiger partial charge on any atom is 0.254 e. The summed E-state index contributed by atoms with van der Waals surface area (Å²) < 4.78 is 0. The fourth-order valence-corrected chi connectivity index (χ4v) is 4.48. The minimum atomic E-state index is -0.201. The van der Waals surface area contributed by atoms with Crippen molar-refractivity contribution in [3.05, 3.63) is 60.2 Å². The SMILES string of the molecule is O=C(c1ccc2ccccc2c1)N1CC(N2C(=O)C3CC=CCC3C2=O)C1. The van der Waals surface area contributed by atoms with Crippen LogP contribution in [-0.4, -0.2) is 46.7 Å². The van der Waals surface area contributed by atoms with Crippen molar-refractivity contribution in [3.63, 3.8) is 0 Å². The lowest BCUT2D eigenvalue weighted by Crippen LogP contribution is -2.62. The highest BCUT2D eigenvalue weighted by molar-refractivity contribution is 6.06. The summed E-state index contributed by atoms with van der Waals surface area (Å²) in [7, 11) is 0. The van der Waals surface area contributed by atoms with Crippen molar-refractivity contribution in [2.24, 2.45) is 11.8 Å². The third-order valence-corrected chi connectivity index (χ3v) is 6.05.